The molecule has 0 radical (unpaired) electrons. The first-order valence-corrected chi connectivity index (χ1v) is 14.1. The molecule has 1 unspecified atom stereocenters. The number of aliphatic hydroxyl groups is 1. The van der Waals surface area contributed by atoms with Gasteiger partial charge in [0.25, 0.3) is 5.91 Å². The van der Waals surface area contributed by atoms with Crippen molar-refractivity contribution < 1.29 is 28.6 Å². The number of fused-ring (bicyclic) bond motifs is 4. The van der Waals surface area contributed by atoms with Gasteiger partial charge >= 0.3 is 5.97 Å². The predicted molar refractivity (Wildman–Crippen MR) is 146 cm³/mol. The molecule has 10 nitrogen and oxygen atoms in total. The summed E-state index contributed by atoms with van der Waals surface area (Å²) in [5.41, 5.74) is 1.33. The van der Waals surface area contributed by atoms with E-state index in [1.165, 1.54) is 11.2 Å². The Kier molecular flexibility index (Phi) is 11.4. The molecule has 39 heavy (non-hydrogen) atoms. The molecular weight excluding hydrogens is 520 g/mol. The second-order valence-electron chi connectivity index (χ2n) is 9.86. The number of aliphatic hydroxyl groups excluding tert-OH is 1. The Morgan fingerprint density at radius 3 is 2.87 bits per heavy atom. The molecule has 0 aliphatic carbocycles. The van der Waals surface area contributed by atoms with Crippen LogP contribution in [-0.4, -0.2) is 69.9 Å². The highest BCUT2D eigenvalue weighted by Crippen LogP contribution is 2.23. The summed E-state index contributed by atoms with van der Waals surface area (Å²) in [5, 5.41) is 24.4. The summed E-state index contributed by atoms with van der Waals surface area (Å²) < 4.78 is 11.3. The van der Waals surface area contributed by atoms with Crippen LogP contribution in [0.4, 0.5) is 0 Å². The third-order valence-electron chi connectivity index (χ3n) is 6.74. The molecule has 11 heteroatoms. The van der Waals surface area contributed by atoms with Crippen LogP contribution in [0.1, 0.15) is 62.8 Å². The summed E-state index contributed by atoms with van der Waals surface area (Å²) in [6.07, 6.45) is 9.12. The smallest absolute Gasteiger partial charge is 0.335 e. The largest absolute Gasteiger partial charge is 0.459 e. The zero-order valence-corrected chi connectivity index (χ0v) is 23.4. The van der Waals surface area contributed by atoms with Crippen molar-refractivity contribution in [2.45, 2.75) is 70.3 Å². The van der Waals surface area contributed by atoms with E-state index in [1.54, 1.807) is 18.2 Å². The third-order valence-corrected chi connectivity index (χ3v) is 7.54. The van der Waals surface area contributed by atoms with E-state index < -0.39 is 12.1 Å². The number of cyclic esters (lactones) is 1. The third kappa shape index (κ3) is 9.11. The number of ether oxygens (including phenoxy) is 1. The van der Waals surface area contributed by atoms with Gasteiger partial charge in [-0.3, -0.25) is 9.59 Å². The van der Waals surface area contributed by atoms with E-state index in [4.69, 9.17) is 9.15 Å². The molecule has 0 aromatic carbocycles. The van der Waals surface area contributed by atoms with E-state index in [2.05, 4.69) is 15.7 Å². The normalized spacial score (nSPS) is 28.3. The number of oxazole rings is 1. The lowest BCUT2D eigenvalue weighted by molar-refractivity contribution is -0.147. The molecule has 3 rings (SSSR count). The summed E-state index contributed by atoms with van der Waals surface area (Å²) in [5.74, 6) is -0.668. The summed E-state index contributed by atoms with van der Waals surface area (Å²) in [6.45, 7) is 6.43. The van der Waals surface area contributed by atoms with Crippen LogP contribution in [0.3, 0.4) is 0 Å². The number of nitrogens with zero attached hydrogens (tertiary/aromatic N) is 3. The van der Waals surface area contributed by atoms with Gasteiger partial charge in [0.2, 0.25) is 5.91 Å². The molecule has 0 saturated carbocycles. The molecule has 4 bridgehead atoms. The SMILES string of the molecule is CC[C@H]1OC(=O)C2=CCN(C2)C(=O)c2coc(n2)CC(SC#N)C[C@H](O)/C=C(C)/C=C/CNC(=O)CC[C@H]1C. The maximum absolute atomic E-state index is 13.0. The molecule has 2 N–H and O–H groups in total. The first kappa shape index (κ1) is 30.2. The number of thioether (sulfide) groups is 1. The summed E-state index contributed by atoms with van der Waals surface area (Å²) >= 11 is 1.01. The van der Waals surface area contributed by atoms with Crippen LogP contribution in [0.2, 0.25) is 0 Å². The lowest BCUT2D eigenvalue weighted by Gasteiger charge is -2.23. The van der Waals surface area contributed by atoms with Gasteiger partial charge in [0.15, 0.2) is 11.6 Å². The topological polar surface area (TPSA) is 146 Å². The van der Waals surface area contributed by atoms with Gasteiger partial charge in [-0.25, -0.2) is 9.78 Å². The van der Waals surface area contributed by atoms with Crippen LogP contribution >= 0.6 is 11.8 Å². The molecule has 3 heterocycles. The zero-order valence-electron chi connectivity index (χ0n) is 22.6. The van der Waals surface area contributed by atoms with Crippen LogP contribution in [0.15, 0.2) is 46.1 Å². The molecule has 4 atom stereocenters. The van der Waals surface area contributed by atoms with Crippen molar-refractivity contribution in [2.75, 3.05) is 19.6 Å². The molecule has 0 spiro atoms. The first-order valence-electron chi connectivity index (χ1n) is 13.2. The minimum absolute atomic E-state index is 0.0197. The Hall–Kier alpha value is -3.36. The summed E-state index contributed by atoms with van der Waals surface area (Å²) in [7, 11) is 0. The van der Waals surface area contributed by atoms with E-state index in [-0.39, 0.29) is 66.6 Å². The molecule has 0 fully saturated rings. The van der Waals surface area contributed by atoms with E-state index in [9.17, 15) is 24.8 Å². The minimum Gasteiger partial charge on any atom is -0.459 e. The number of thiocyanates is 1. The van der Waals surface area contributed by atoms with Crippen molar-refractivity contribution >= 4 is 29.5 Å². The Morgan fingerprint density at radius 1 is 1.33 bits per heavy atom. The Labute approximate surface area is 233 Å². The van der Waals surface area contributed by atoms with Crippen LogP contribution in [-0.2, 0) is 20.7 Å². The second kappa shape index (κ2) is 14.7. The molecule has 0 saturated heterocycles. The molecule has 210 valence electrons. The quantitative estimate of drug-likeness (QED) is 0.414. The van der Waals surface area contributed by atoms with E-state index in [0.717, 1.165) is 17.3 Å². The number of rotatable bonds is 2. The van der Waals surface area contributed by atoms with Crippen molar-refractivity contribution in [3.05, 3.63) is 53.3 Å². The fraction of sp³-hybridized carbons (Fsp3) is 0.536. The fourth-order valence-corrected chi connectivity index (χ4v) is 5.20. The van der Waals surface area contributed by atoms with Gasteiger partial charge in [-0.15, -0.1) is 0 Å². The number of carbonyl (C=O) groups excluding carboxylic acids is 3. The maximum atomic E-state index is 13.0. The number of nitriles is 1. The first-order chi connectivity index (χ1) is 18.7. The molecular formula is C28H36N4O6S. The van der Waals surface area contributed by atoms with Crippen LogP contribution in [0, 0.1) is 16.6 Å². The molecule has 1 aromatic heterocycles. The highest BCUT2D eigenvalue weighted by atomic mass is 32.2. The number of allylic oxidation sites excluding steroid dienone is 2. The van der Waals surface area contributed by atoms with Gasteiger partial charge in [0.05, 0.1) is 18.2 Å². The van der Waals surface area contributed by atoms with Crippen molar-refractivity contribution in [1.82, 2.24) is 15.2 Å². The Bertz CT molecular complexity index is 1170. The molecule has 2 aliphatic heterocycles. The number of amides is 2. The Morgan fingerprint density at radius 2 is 2.13 bits per heavy atom. The highest BCUT2D eigenvalue weighted by Gasteiger charge is 2.30. The van der Waals surface area contributed by atoms with Gasteiger partial charge in [-0.1, -0.05) is 43.7 Å². The number of hydrogen-bond acceptors (Lipinski definition) is 9. The van der Waals surface area contributed by atoms with E-state index in [0.29, 0.717) is 31.4 Å². The number of nitrogens with one attached hydrogen (secondary N) is 1. The van der Waals surface area contributed by atoms with Gasteiger partial charge in [-0.05, 0) is 43.9 Å². The lowest BCUT2D eigenvalue weighted by Crippen LogP contribution is -2.32. The van der Waals surface area contributed by atoms with Gasteiger partial charge in [0.1, 0.15) is 17.8 Å². The van der Waals surface area contributed by atoms with E-state index >= 15 is 0 Å². The Balaban J connectivity index is 1.78. The number of carbonyl (C=O) groups is 3. The van der Waals surface area contributed by atoms with Crippen molar-refractivity contribution in [3.8, 4) is 5.40 Å². The molecule has 2 aliphatic rings. The number of esters is 1. The van der Waals surface area contributed by atoms with Crippen LogP contribution in [0.5, 0.6) is 0 Å². The highest BCUT2D eigenvalue weighted by molar-refractivity contribution is 8.04. The fourth-order valence-electron chi connectivity index (χ4n) is 4.53. The van der Waals surface area contributed by atoms with Gasteiger partial charge in [-0.2, -0.15) is 5.26 Å². The van der Waals surface area contributed by atoms with Gasteiger partial charge < -0.3 is 24.5 Å². The predicted octanol–water partition coefficient (Wildman–Crippen LogP) is 3.30. The molecule has 1 aromatic rings. The monoisotopic (exact) mass is 556 g/mol. The van der Waals surface area contributed by atoms with Crippen molar-refractivity contribution in [3.63, 3.8) is 0 Å². The maximum Gasteiger partial charge on any atom is 0.335 e. The summed E-state index contributed by atoms with van der Waals surface area (Å²) in [6, 6.07) is 0. The van der Waals surface area contributed by atoms with Crippen molar-refractivity contribution in [1.29, 1.82) is 5.26 Å². The minimum atomic E-state index is -0.807. The van der Waals surface area contributed by atoms with E-state index in [1.807, 2.05) is 26.8 Å². The molecule has 2 amide bonds. The van der Waals surface area contributed by atoms with Crippen molar-refractivity contribution in [2.24, 2.45) is 5.92 Å². The van der Waals surface area contributed by atoms with Crippen LogP contribution < -0.4 is 5.32 Å². The van der Waals surface area contributed by atoms with Crippen LogP contribution in [0.25, 0.3) is 0 Å². The standard InChI is InChI=1S/C28H36N4O6S/c1-4-24-19(3)7-8-25(34)30-10-5-6-18(2)12-21(33)13-22(39-17-29)14-26-31-23(16-37-26)27(35)32-11-9-20(15-32)28(36)38-24/h5-6,9,12,16,19,21-22,24,33H,4,7-8,10-11,13-15H2,1-3H3,(H,30,34)/b6-5+,18-12+/t19-,21-,22?,24-/m1/s1. The second-order valence-corrected chi connectivity index (χ2v) is 10.9. The zero-order chi connectivity index (χ0) is 28.4. The number of hydrogen-bond donors (Lipinski definition) is 2. The van der Waals surface area contributed by atoms with Gasteiger partial charge in [0, 0.05) is 31.2 Å². The number of aromatic nitrogens is 1. The summed E-state index contributed by atoms with van der Waals surface area (Å²) in [4.78, 5) is 44.0. The average Bonchev–Trinajstić information content (AvgIpc) is 3.58. The average molecular weight is 557 g/mol. The lowest BCUT2D eigenvalue weighted by atomic mass is 9.96.